The van der Waals surface area contributed by atoms with E-state index in [1.54, 1.807) is 0 Å². The van der Waals surface area contributed by atoms with Gasteiger partial charge in [-0.1, -0.05) is 44.2 Å². The van der Waals surface area contributed by atoms with Crippen LogP contribution in [0.3, 0.4) is 0 Å². The van der Waals surface area contributed by atoms with Crippen LogP contribution in [0.2, 0.25) is 0 Å². The van der Waals surface area contributed by atoms with Crippen molar-refractivity contribution < 1.29 is 4.74 Å². The van der Waals surface area contributed by atoms with Crippen LogP contribution >= 0.6 is 11.9 Å². The first-order valence-corrected chi connectivity index (χ1v) is 12.2. The first kappa shape index (κ1) is 22.4. The lowest BCUT2D eigenvalue weighted by Gasteiger charge is -2.30. The molecule has 0 spiro atoms. The molecule has 3 aromatic carbocycles. The molecule has 4 rings (SSSR count). The van der Waals surface area contributed by atoms with E-state index in [9.17, 15) is 0 Å². The van der Waals surface area contributed by atoms with Gasteiger partial charge in [0.15, 0.2) is 0 Å². The molecule has 0 saturated carbocycles. The molecule has 0 bridgehead atoms. The number of nitrogens with two attached hydrogens (primary N) is 1. The monoisotopic (exact) mass is 445 g/mol. The molecule has 0 saturated heterocycles. The molecule has 1 aliphatic heterocycles. The Bertz CT molecular complexity index is 1050. The summed E-state index contributed by atoms with van der Waals surface area (Å²) in [7, 11) is 0. The highest BCUT2D eigenvalue weighted by atomic mass is 32.2. The minimum Gasteiger partial charge on any atom is -0.457 e. The molecule has 5 heteroatoms. The van der Waals surface area contributed by atoms with Crippen LogP contribution in [-0.4, -0.2) is 23.5 Å². The average molecular weight is 446 g/mol. The standard InChI is InChI=1S/C27H31N3OS/c1-3-27(28,4-2)20-32-30-19-18-24(29-25-12-8-9-13-26(25)30)21-14-16-23(17-15-21)31-22-10-6-5-7-11-22/h5-17H,3-4,18-20,28H2,1-2H3. The summed E-state index contributed by atoms with van der Waals surface area (Å²) in [6.07, 6.45) is 2.83. The number of hydrogen-bond acceptors (Lipinski definition) is 5. The van der Waals surface area contributed by atoms with Crippen molar-refractivity contribution in [3.8, 4) is 11.5 Å². The van der Waals surface area contributed by atoms with E-state index in [0.717, 1.165) is 65.7 Å². The van der Waals surface area contributed by atoms with E-state index >= 15 is 0 Å². The summed E-state index contributed by atoms with van der Waals surface area (Å²) in [6, 6.07) is 26.5. The van der Waals surface area contributed by atoms with E-state index in [2.05, 4.69) is 54.6 Å². The number of fused-ring (bicyclic) bond motifs is 1. The number of anilines is 1. The molecule has 0 unspecified atom stereocenters. The summed E-state index contributed by atoms with van der Waals surface area (Å²) >= 11 is 1.83. The highest BCUT2D eigenvalue weighted by molar-refractivity contribution is 8.00. The van der Waals surface area contributed by atoms with E-state index in [0.29, 0.717) is 0 Å². The summed E-state index contributed by atoms with van der Waals surface area (Å²) in [5.41, 5.74) is 10.8. The Morgan fingerprint density at radius 2 is 1.56 bits per heavy atom. The molecule has 0 atom stereocenters. The second-order valence-electron chi connectivity index (χ2n) is 8.18. The molecule has 4 nitrogen and oxygen atoms in total. The number of para-hydroxylation sites is 3. The maximum absolute atomic E-state index is 6.57. The normalized spacial score (nSPS) is 13.8. The molecule has 3 aromatic rings. The van der Waals surface area contributed by atoms with E-state index in [-0.39, 0.29) is 5.54 Å². The Morgan fingerprint density at radius 1 is 0.906 bits per heavy atom. The highest BCUT2D eigenvalue weighted by Crippen LogP contribution is 2.37. The van der Waals surface area contributed by atoms with Gasteiger partial charge in [-0.05, 0) is 78.9 Å². The predicted molar refractivity (Wildman–Crippen MR) is 138 cm³/mol. The maximum Gasteiger partial charge on any atom is 0.127 e. The fourth-order valence-corrected chi connectivity index (χ4v) is 4.98. The fraction of sp³-hybridized carbons (Fsp3) is 0.296. The first-order valence-electron chi connectivity index (χ1n) is 11.3. The topological polar surface area (TPSA) is 50.8 Å². The van der Waals surface area contributed by atoms with Gasteiger partial charge in [0.05, 0.1) is 17.1 Å². The average Bonchev–Trinajstić information content (AvgIpc) is 3.03. The minimum absolute atomic E-state index is 0.135. The van der Waals surface area contributed by atoms with Gasteiger partial charge in [0.1, 0.15) is 11.5 Å². The van der Waals surface area contributed by atoms with E-state index < -0.39 is 0 Å². The van der Waals surface area contributed by atoms with Gasteiger partial charge in [-0.2, -0.15) is 0 Å². The molecule has 0 amide bonds. The summed E-state index contributed by atoms with van der Waals surface area (Å²) in [6.45, 7) is 5.24. The molecule has 0 aromatic heterocycles. The van der Waals surface area contributed by atoms with Crippen molar-refractivity contribution in [2.75, 3.05) is 16.6 Å². The van der Waals surface area contributed by atoms with Gasteiger partial charge < -0.3 is 14.8 Å². The van der Waals surface area contributed by atoms with Crippen LogP contribution in [-0.2, 0) is 0 Å². The van der Waals surface area contributed by atoms with Crippen LogP contribution in [0.25, 0.3) is 0 Å². The van der Waals surface area contributed by atoms with Crippen LogP contribution in [0.1, 0.15) is 38.7 Å². The Labute approximate surface area is 195 Å². The van der Waals surface area contributed by atoms with Gasteiger partial charge in [0.2, 0.25) is 0 Å². The smallest absolute Gasteiger partial charge is 0.127 e. The van der Waals surface area contributed by atoms with Gasteiger partial charge in [0.25, 0.3) is 0 Å². The first-order chi connectivity index (χ1) is 15.6. The van der Waals surface area contributed by atoms with Crippen molar-refractivity contribution in [3.63, 3.8) is 0 Å². The Balaban J connectivity index is 1.51. The van der Waals surface area contributed by atoms with Crippen molar-refractivity contribution in [3.05, 3.63) is 84.4 Å². The van der Waals surface area contributed by atoms with Gasteiger partial charge in [0, 0.05) is 24.3 Å². The number of benzene rings is 3. The van der Waals surface area contributed by atoms with Gasteiger partial charge in [-0.3, -0.25) is 4.99 Å². The molecule has 1 aliphatic rings. The van der Waals surface area contributed by atoms with Crippen molar-refractivity contribution in [1.82, 2.24) is 0 Å². The maximum atomic E-state index is 6.57. The lowest BCUT2D eigenvalue weighted by atomic mass is 9.97. The number of nitrogens with zero attached hydrogens (tertiary/aromatic N) is 2. The van der Waals surface area contributed by atoms with Crippen molar-refractivity contribution in [1.29, 1.82) is 0 Å². The van der Waals surface area contributed by atoms with Gasteiger partial charge >= 0.3 is 0 Å². The van der Waals surface area contributed by atoms with Crippen LogP contribution in [0.5, 0.6) is 11.5 Å². The molecule has 32 heavy (non-hydrogen) atoms. The van der Waals surface area contributed by atoms with Crippen LogP contribution < -0.4 is 14.8 Å². The van der Waals surface area contributed by atoms with Gasteiger partial charge in [-0.15, -0.1) is 0 Å². The fourth-order valence-electron chi connectivity index (χ4n) is 3.64. The Morgan fingerprint density at radius 3 is 2.28 bits per heavy atom. The highest BCUT2D eigenvalue weighted by Gasteiger charge is 2.24. The molecule has 0 radical (unpaired) electrons. The van der Waals surface area contributed by atoms with Gasteiger partial charge in [-0.25, -0.2) is 0 Å². The van der Waals surface area contributed by atoms with E-state index in [1.165, 1.54) is 0 Å². The number of hydrogen-bond donors (Lipinski definition) is 1. The lowest BCUT2D eigenvalue weighted by Crippen LogP contribution is -2.42. The predicted octanol–water partition coefficient (Wildman–Crippen LogP) is 6.98. The molecule has 2 N–H and O–H groups in total. The number of aliphatic imine (C=N–C) groups is 1. The lowest BCUT2D eigenvalue weighted by molar-refractivity contribution is 0.446. The van der Waals surface area contributed by atoms with E-state index in [4.69, 9.17) is 15.5 Å². The second kappa shape index (κ2) is 10.2. The molecular weight excluding hydrogens is 414 g/mol. The molecule has 166 valence electrons. The van der Waals surface area contributed by atoms with E-state index in [1.807, 2.05) is 54.4 Å². The summed E-state index contributed by atoms with van der Waals surface area (Å²) in [5.74, 6) is 2.56. The second-order valence-corrected chi connectivity index (χ2v) is 9.17. The Hall–Kier alpha value is -2.76. The Kier molecular flexibility index (Phi) is 7.18. The minimum atomic E-state index is -0.135. The zero-order valence-corrected chi connectivity index (χ0v) is 19.6. The number of ether oxygens (including phenoxy) is 1. The largest absolute Gasteiger partial charge is 0.457 e. The molecular formula is C27H31N3OS. The van der Waals surface area contributed by atoms with Crippen molar-refractivity contribution >= 4 is 29.0 Å². The summed E-state index contributed by atoms with van der Waals surface area (Å²) in [5, 5.41) is 0. The molecule has 0 aliphatic carbocycles. The zero-order chi connectivity index (χ0) is 22.4. The summed E-state index contributed by atoms with van der Waals surface area (Å²) < 4.78 is 8.31. The molecule has 1 heterocycles. The third kappa shape index (κ3) is 5.34. The van der Waals surface area contributed by atoms with Crippen LogP contribution in [0.15, 0.2) is 83.9 Å². The van der Waals surface area contributed by atoms with Crippen LogP contribution in [0.4, 0.5) is 11.4 Å². The molecule has 0 fully saturated rings. The summed E-state index contributed by atoms with van der Waals surface area (Å²) in [4.78, 5) is 5.05. The third-order valence-electron chi connectivity index (χ3n) is 6.04. The van der Waals surface area contributed by atoms with Crippen molar-refractivity contribution in [2.24, 2.45) is 10.7 Å². The van der Waals surface area contributed by atoms with Crippen LogP contribution in [0, 0.1) is 0 Å². The zero-order valence-electron chi connectivity index (χ0n) is 18.8. The number of rotatable bonds is 8. The quantitative estimate of drug-likeness (QED) is 0.380. The third-order valence-corrected chi connectivity index (χ3v) is 7.44. The SMILES string of the molecule is CCC(N)(CC)CSN1CCC(c2ccc(Oc3ccccc3)cc2)=Nc2ccccc21. The van der Waals surface area contributed by atoms with Crippen molar-refractivity contribution in [2.45, 2.75) is 38.6 Å².